The van der Waals surface area contributed by atoms with E-state index in [-0.39, 0.29) is 6.42 Å². The van der Waals surface area contributed by atoms with Crippen molar-refractivity contribution in [1.82, 2.24) is 0 Å². The van der Waals surface area contributed by atoms with Gasteiger partial charge in [0.2, 0.25) is 0 Å². The third kappa shape index (κ3) is 9.59. The second kappa shape index (κ2) is 5.27. The van der Waals surface area contributed by atoms with Gasteiger partial charge in [-0.15, -0.1) is 0 Å². The van der Waals surface area contributed by atoms with Crippen molar-refractivity contribution < 1.29 is 13.2 Å². The highest BCUT2D eigenvalue weighted by atomic mass is 32.1. The largest absolute Gasteiger partial charge is 0.389 e. The number of aliphatic imine (C=N–C) groups is 1. The Bertz CT molecular complexity index is 148. The van der Waals surface area contributed by atoms with Gasteiger partial charge in [-0.05, 0) is 25.1 Å². The van der Waals surface area contributed by atoms with Gasteiger partial charge in [0.05, 0.1) is 5.16 Å². The van der Waals surface area contributed by atoms with Gasteiger partial charge in [-0.2, -0.15) is 13.2 Å². The van der Waals surface area contributed by atoms with E-state index in [9.17, 15) is 13.2 Å². The van der Waals surface area contributed by atoms with E-state index in [4.69, 9.17) is 0 Å². The minimum atomic E-state index is -4.04. The SMILES string of the molecule is FC(F)(F)CCCCN=C=S. The van der Waals surface area contributed by atoms with Crippen LogP contribution in [0.1, 0.15) is 19.3 Å². The van der Waals surface area contributed by atoms with Crippen molar-refractivity contribution in [2.75, 3.05) is 6.54 Å². The lowest BCUT2D eigenvalue weighted by atomic mass is 10.2. The van der Waals surface area contributed by atoms with Crippen LogP contribution in [0, 0.1) is 0 Å². The number of rotatable bonds is 4. The smallest absolute Gasteiger partial charge is 0.233 e. The highest BCUT2D eigenvalue weighted by molar-refractivity contribution is 7.78. The van der Waals surface area contributed by atoms with Crippen LogP contribution in [0.3, 0.4) is 0 Å². The average Bonchev–Trinajstić information content (AvgIpc) is 1.85. The number of thiocarbonyl (C=S) groups is 1. The molecule has 0 radical (unpaired) electrons. The highest BCUT2D eigenvalue weighted by Gasteiger charge is 2.25. The predicted octanol–water partition coefficient (Wildman–Crippen LogP) is 2.82. The fourth-order valence-corrected chi connectivity index (χ4v) is 0.653. The van der Waals surface area contributed by atoms with Crippen LogP contribution in [0.5, 0.6) is 0 Å². The highest BCUT2D eigenvalue weighted by Crippen LogP contribution is 2.21. The van der Waals surface area contributed by atoms with E-state index in [0.717, 1.165) is 0 Å². The van der Waals surface area contributed by atoms with Gasteiger partial charge < -0.3 is 0 Å². The Morgan fingerprint density at radius 1 is 1.27 bits per heavy atom. The van der Waals surface area contributed by atoms with Gasteiger partial charge in [-0.1, -0.05) is 0 Å². The van der Waals surface area contributed by atoms with E-state index in [1.54, 1.807) is 0 Å². The van der Waals surface area contributed by atoms with E-state index in [0.29, 0.717) is 13.0 Å². The van der Waals surface area contributed by atoms with Gasteiger partial charge in [-0.25, -0.2) is 4.99 Å². The van der Waals surface area contributed by atoms with Gasteiger partial charge in [0.1, 0.15) is 0 Å². The first-order valence-electron chi connectivity index (χ1n) is 3.16. The summed E-state index contributed by atoms with van der Waals surface area (Å²) in [5.41, 5.74) is 0. The number of unbranched alkanes of at least 4 members (excludes halogenated alkanes) is 1. The molecule has 5 heteroatoms. The van der Waals surface area contributed by atoms with Gasteiger partial charge in [-0.3, -0.25) is 0 Å². The van der Waals surface area contributed by atoms with Crippen LogP contribution in [0.2, 0.25) is 0 Å². The van der Waals surface area contributed by atoms with Gasteiger partial charge >= 0.3 is 6.18 Å². The van der Waals surface area contributed by atoms with Crippen LogP contribution in [0.25, 0.3) is 0 Å². The normalized spacial score (nSPS) is 10.8. The zero-order valence-corrected chi connectivity index (χ0v) is 6.63. The minimum absolute atomic E-state index is 0.115. The minimum Gasteiger partial charge on any atom is -0.233 e. The fraction of sp³-hybridized carbons (Fsp3) is 0.833. The lowest BCUT2D eigenvalue weighted by Crippen LogP contribution is -2.06. The van der Waals surface area contributed by atoms with E-state index >= 15 is 0 Å². The summed E-state index contributed by atoms with van der Waals surface area (Å²) < 4.78 is 34.5. The van der Waals surface area contributed by atoms with E-state index < -0.39 is 12.6 Å². The van der Waals surface area contributed by atoms with Crippen LogP contribution < -0.4 is 0 Å². The first-order chi connectivity index (χ1) is 5.06. The summed E-state index contributed by atoms with van der Waals surface area (Å²) in [4.78, 5) is 3.49. The molecule has 1 nitrogen and oxygen atoms in total. The number of hydrogen-bond acceptors (Lipinski definition) is 2. The lowest BCUT2D eigenvalue weighted by Gasteiger charge is -2.03. The molecule has 0 unspecified atom stereocenters. The number of hydrogen-bond donors (Lipinski definition) is 0. The fourth-order valence-electron chi connectivity index (χ4n) is 0.562. The molecule has 0 fully saturated rings. The molecule has 0 amide bonds. The molecule has 11 heavy (non-hydrogen) atoms. The molecule has 0 aliphatic heterocycles. The molecule has 0 aliphatic carbocycles. The van der Waals surface area contributed by atoms with E-state index in [1.807, 2.05) is 0 Å². The number of halogens is 3. The molecule has 0 N–H and O–H groups in total. The maximum absolute atomic E-state index is 11.5. The first kappa shape index (κ1) is 10.6. The summed E-state index contributed by atoms with van der Waals surface area (Å²) in [7, 11) is 0. The molecular weight excluding hydrogens is 175 g/mol. The number of isothiocyanates is 1. The maximum atomic E-state index is 11.5. The van der Waals surface area contributed by atoms with Crippen LogP contribution in [-0.2, 0) is 0 Å². The third-order valence-corrected chi connectivity index (χ3v) is 1.17. The molecule has 0 saturated heterocycles. The standard InChI is InChI=1S/C6H8F3NS/c7-6(8,9)3-1-2-4-10-5-11/h1-4H2. The van der Waals surface area contributed by atoms with Crippen molar-refractivity contribution in [2.45, 2.75) is 25.4 Å². The molecule has 0 aromatic carbocycles. The number of nitrogens with zero attached hydrogens (tertiary/aromatic N) is 1. The first-order valence-corrected chi connectivity index (χ1v) is 3.57. The van der Waals surface area contributed by atoms with Gasteiger partial charge in [0.25, 0.3) is 0 Å². The second-order valence-electron chi connectivity index (χ2n) is 2.05. The van der Waals surface area contributed by atoms with E-state index in [2.05, 4.69) is 22.4 Å². The molecule has 0 atom stereocenters. The van der Waals surface area contributed by atoms with Crippen molar-refractivity contribution in [2.24, 2.45) is 4.99 Å². The van der Waals surface area contributed by atoms with Crippen molar-refractivity contribution in [3.8, 4) is 0 Å². The zero-order chi connectivity index (χ0) is 8.74. The summed E-state index contributed by atoms with van der Waals surface area (Å²) in [5.74, 6) is 0. The molecule has 64 valence electrons. The Labute approximate surface area is 68.3 Å². The summed E-state index contributed by atoms with van der Waals surface area (Å²) in [6, 6.07) is 0. The Kier molecular flexibility index (Phi) is 5.07. The maximum Gasteiger partial charge on any atom is 0.389 e. The quantitative estimate of drug-likeness (QED) is 0.371. The summed E-state index contributed by atoms with van der Waals surface area (Å²) in [5, 5.41) is 2.09. The lowest BCUT2D eigenvalue weighted by molar-refractivity contribution is -0.135. The van der Waals surface area contributed by atoms with Crippen LogP contribution in [0.15, 0.2) is 4.99 Å². The molecule has 0 aromatic rings. The molecule has 0 aliphatic rings. The molecule has 0 heterocycles. The van der Waals surface area contributed by atoms with Crippen LogP contribution >= 0.6 is 12.2 Å². The van der Waals surface area contributed by atoms with Crippen molar-refractivity contribution in [3.63, 3.8) is 0 Å². The summed E-state index contributed by atoms with van der Waals surface area (Å²) in [6.45, 7) is 0.347. The molecular formula is C6H8F3NS. The summed E-state index contributed by atoms with van der Waals surface area (Å²) in [6.07, 6.45) is -4.24. The molecule has 0 spiro atoms. The van der Waals surface area contributed by atoms with Crippen LogP contribution in [-0.4, -0.2) is 17.9 Å². The van der Waals surface area contributed by atoms with Crippen LogP contribution in [0.4, 0.5) is 13.2 Å². The third-order valence-electron chi connectivity index (χ3n) is 1.04. The Hall–Kier alpha value is -0.410. The Morgan fingerprint density at radius 3 is 2.36 bits per heavy atom. The number of alkyl halides is 3. The molecule has 0 saturated carbocycles. The summed E-state index contributed by atoms with van der Waals surface area (Å²) >= 11 is 4.24. The average molecular weight is 183 g/mol. The molecule has 0 aromatic heterocycles. The van der Waals surface area contributed by atoms with Crippen molar-refractivity contribution in [3.05, 3.63) is 0 Å². The monoisotopic (exact) mass is 183 g/mol. The topological polar surface area (TPSA) is 12.4 Å². The molecule has 0 rings (SSSR count). The van der Waals surface area contributed by atoms with Crippen molar-refractivity contribution in [1.29, 1.82) is 0 Å². The van der Waals surface area contributed by atoms with Gasteiger partial charge in [0.15, 0.2) is 0 Å². The Morgan fingerprint density at radius 2 is 1.91 bits per heavy atom. The van der Waals surface area contributed by atoms with Crippen molar-refractivity contribution >= 4 is 17.4 Å². The zero-order valence-electron chi connectivity index (χ0n) is 5.82. The van der Waals surface area contributed by atoms with E-state index in [1.165, 1.54) is 0 Å². The molecule has 0 bridgehead atoms. The predicted molar refractivity (Wildman–Crippen MR) is 39.8 cm³/mol. The second-order valence-corrected chi connectivity index (χ2v) is 2.23. The van der Waals surface area contributed by atoms with Gasteiger partial charge in [0, 0.05) is 13.0 Å². The Balaban J connectivity index is 3.21.